The molecule has 0 unspecified atom stereocenters. The fourth-order valence-electron chi connectivity index (χ4n) is 1.16. The summed E-state index contributed by atoms with van der Waals surface area (Å²) in [6, 6.07) is 4.16. The van der Waals surface area contributed by atoms with E-state index in [-0.39, 0.29) is 5.69 Å². The number of nitro groups is 1. The van der Waals surface area contributed by atoms with E-state index in [1.54, 1.807) is 6.92 Å². The zero-order valence-electron chi connectivity index (χ0n) is 10.5. The first-order valence-electron chi connectivity index (χ1n) is 5.14. The van der Waals surface area contributed by atoms with Crippen LogP contribution in [0.5, 0.6) is 0 Å². The van der Waals surface area contributed by atoms with Gasteiger partial charge in [-0.3, -0.25) is 0 Å². The van der Waals surface area contributed by atoms with Gasteiger partial charge in [-0.1, -0.05) is 0 Å². The van der Waals surface area contributed by atoms with E-state index >= 15 is 0 Å². The summed E-state index contributed by atoms with van der Waals surface area (Å²) in [6.07, 6.45) is 0. The fourth-order valence-corrected chi connectivity index (χ4v) is 4.30. The molecule has 0 radical (unpaired) electrons. The molecular weight excluding hydrogens is 369 g/mol. The van der Waals surface area contributed by atoms with Crippen molar-refractivity contribution in [2.75, 3.05) is 0 Å². The molecule has 0 atom stereocenters. The van der Waals surface area contributed by atoms with Crippen LogP contribution in [0.25, 0.3) is 0 Å². The third kappa shape index (κ3) is 4.47. The molecule has 1 aromatic carbocycles. The maximum atomic E-state index is 11.0. The van der Waals surface area contributed by atoms with Gasteiger partial charge >= 0.3 is 117 Å². The normalized spacial score (nSPS) is 10.6. The van der Waals surface area contributed by atoms with Gasteiger partial charge in [-0.25, -0.2) is 0 Å². The SMILES string of the molecule is CC(=O)OI(OC(C)=O)c1cc([N+](=O)[O-])ccc1C. The van der Waals surface area contributed by atoms with Crippen molar-refractivity contribution in [3.05, 3.63) is 37.4 Å². The van der Waals surface area contributed by atoms with Crippen LogP contribution in [0.3, 0.4) is 0 Å². The fraction of sp³-hybridized carbons (Fsp3) is 0.273. The molecule has 0 heterocycles. The number of benzene rings is 1. The Bertz CT molecular complexity index is 514. The molecule has 0 saturated heterocycles. The summed E-state index contributed by atoms with van der Waals surface area (Å²) < 4.78 is 10.4. The number of carbonyl (C=O) groups is 2. The van der Waals surface area contributed by atoms with Gasteiger partial charge in [0.05, 0.1) is 0 Å². The van der Waals surface area contributed by atoms with Crippen LogP contribution in [0.2, 0.25) is 0 Å². The van der Waals surface area contributed by atoms with Crippen LogP contribution >= 0.6 is 20.6 Å². The van der Waals surface area contributed by atoms with Gasteiger partial charge in [0.15, 0.2) is 0 Å². The van der Waals surface area contributed by atoms with Crippen LogP contribution in [-0.4, -0.2) is 16.9 Å². The number of hydrogen-bond acceptors (Lipinski definition) is 6. The molecule has 8 heteroatoms. The minimum absolute atomic E-state index is 0.137. The van der Waals surface area contributed by atoms with E-state index in [2.05, 4.69) is 0 Å². The van der Waals surface area contributed by atoms with Crippen molar-refractivity contribution in [1.29, 1.82) is 0 Å². The molecule has 0 N–H and O–H groups in total. The zero-order valence-corrected chi connectivity index (χ0v) is 12.7. The number of rotatable bonds is 4. The van der Waals surface area contributed by atoms with Crippen molar-refractivity contribution in [1.82, 2.24) is 0 Å². The van der Waals surface area contributed by atoms with E-state index in [0.717, 1.165) is 0 Å². The molecule has 0 aliphatic carbocycles. The van der Waals surface area contributed by atoms with Gasteiger partial charge in [-0.15, -0.1) is 0 Å². The van der Waals surface area contributed by atoms with Crippen LogP contribution in [-0.2, 0) is 15.7 Å². The third-order valence-electron chi connectivity index (χ3n) is 1.89. The Morgan fingerprint density at radius 1 is 1.21 bits per heavy atom. The van der Waals surface area contributed by atoms with Crippen molar-refractivity contribution in [3.63, 3.8) is 0 Å². The Morgan fingerprint density at radius 3 is 2.16 bits per heavy atom. The molecule has 0 aliphatic heterocycles. The molecule has 0 bridgehead atoms. The Labute approximate surface area is 117 Å². The average molecular weight is 381 g/mol. The molecule has 0 amide bonds. The van der Waals surface area contributed by atoms with Crippen LogP contribution in [0.1, 0.15) is 19.4 Å². The monoisotopic (exact) mass is 381 g/mol. The van der Waals surface area contributed by atoms with Gasteiger partial charge in [0.2, 0.25) is 0 Å². The van der Waals surface area contributed by atoms with Crippen molar-refractivity contribution in [3.8, 4) is 0 Å². The van der Waals surface area contributed by atoms with Crippen molar-refractivity contribution >= 4 is 38.3 Å². The average Bonchev–Trinajstić information content (AvgIpc) is 2.27. The molecular formula is C11H12INO6. The summed E-state index contributed by atoms with van der Waals surface area (Å²) in [5.41, 5.74) is 0.542. The summed E-state index contributed by atoms with van der Waals surface area (Å²) in [7, 11) is 0. The molecule has 7 nitrogen and oxygen atoms in total. The van der Waals surface area contributed by atoms with Gasteiger partial charge < -0.3 is 0 Å². The van der Waals surface area contributed by atoms with Crippen molar-refractivity contribution in [2.45, 2.75) is 20.8 Å². The number of nitro benzene ring substituents is 1. The molecule has 1 rings (SSSR count). The second-order valence-corrected chi connectivity index (χ2v) is 6.83. The molecule has 19 heavy (non-hydrogen) atoms. The third-order valence-corrected chi connectivity index (χ3v) is 6.04. The molecule has 0 saturated carbocycles. The summed E-state index contributed by atoms with van der Waals surface area (Å²) in [6.45, 7) is 4.10. The number of carbonyl (C=O) groups excluding carboxylic acids is 2. The van der Waals surface area contributed by atoms with E-state index in [9.17, 15) is 19.7 Å². The van der Waals surface area contributed by atoms with Gasteiger partial charge in [-0.2, -0.15) is 0 Å². The number of non-ortho nitro benzene ring substituents is 1. The summed E-state index contributed by atoms with van der Waals surface area (Å²) in [4.78, 5) is 32.2. The first-order chi connectivity index (χ1) is 8.81. The number of nitrogens with zero attached hydrogens (tertiary/aromatic N) is 1. The summed E-state index contributed by atoms with van der Waals surface area (Å²) in [5.74, 6) is -1.17. The predicted octanol–water partition coefficient (Wildman–Crippen LogP) is 2.54. The molecule has 0 aromatic heterocycles. The topological polar surface area (TPSA) is 95.7 Å². The summed E-state index contributed by atoms with van der Waals surface area (Å²) >= 11 is -3.02. The van der Waals surface area contributed by atoms with Crippen molar-refractivity contribution < 1.29 is 20.6 Å². The molecule has 0 spiro atoms. The Morgan fingerprint density at radius 2 is 1.74 bits per heavy atom. The molecule has 104 valence electrons. The zero-order chi connectivity index (χ0) is 14.6. The van der Waals surface area contributed by atoms with Crippen LogP contribution < -0.4 is 0 Å². The van der Waals surface area contributed by atoms with Gasteiger partial charge in [0, 0.05) is 0 Å². The standard InChI is InChI=1S/C11H12INO6/c1-7-4-5-10(13(16)17)6-11(7)12(18-8(2)14)19-9(3)15/h4-6H,1-3H3. The molecule has 0 aliphatic rings. The Kier molecular flexibility index (Phi) is 5.21. The van der Waals surface area contributed by atoms with Crippen molar-refractivity contribution in [2.24, 2.45) is 0 Å². The second-order valence-electron chi connectivity index (χ2n) is 3.55. The van der Waals surface area contributed by atoms with E-state index < -0.39 is 37.5 Å². The van der Waals surface area contributed by atoms with Crippen LogP contribution in [0.15, 0.2) is 18.2 Å². The number of hydrogen-bond donors (Lipinski definition) is 0. The maximum absolute atomic E-state index is 11.0. The van der Waals surface area contributed by atoms with Gasteiger partial charge in [0.25, 0.3) is 0 Å². The van der Waals surface area contributed by atoms with Crippen LogP contribution in [0.4, 0.5) is 5.69 Å². The van der Waals surface area contributed by atoms with Gasteiger partial charge in [0.1, 0.15) is 0 Å². The Hall–Kier alpha value is -1.71. The predicted molar refractivity (Wildman–Crippen MR) is 74.1 cm³/mol. The van der Waals surface area contributed by atoms with E-state index in [1.807, 2.05) is 0 Å². The first-order valence-corrected chi connectivity index (χ1v) is 7.98. The molecule has 1 aromatic rings. The second kappa shape index (κ2) is 6.45. The quantitative estimate of drug-likeness (QED) is 0.452. The van der Waals surface area contributed by atoms with E-state index in [4.69, 9.17) is 6.13 Å². The van der Waals surface area contributed by atoms with E-state index in [1.165, 1.54) is 32.0 Å². The van der Waals surface area contributed by atoms with E-state index in [0.29, 0.717) is 9.13 Å². The number of halogens is 1. The minimum atomic E-state index is -3.02. The first kappa shape index (κ1) is 15.3. The number of aryl methyl sites for hydroxylation is 1. The molecule has 0 fully saturated rings. The van der Waals surface area contributed by atoms with Gasteiger partial charge in [-0.05, 0) is 0 Å². The summed E-state index contributed by atoms with van der Waals surface area (Å²) in [5, 5.41) is 10.7. The van der Waals surface area contributed by atoms with Crippen LogP contribution in [0, 0.1) is 20.6 Å². The Balaban J connectivity index is 3.19.